The minimum Gasteiger partial charge on any atom is -0.444 e. The quantitative estimate of drug-likeness (QED) is 0.859. The molecule has 1 saturated heterocycles. The molecule has 23 heavy (non-hydrogen) atoms. The van der Waals surface area contributed by atoms with Gasteiger partial charge in [-0.05, 0) is 38.5 Å². The van der Waals surface area contributed by atoms with E-state index in [9.17, 15) is 18.0 Å². The summed E-state index contributed by atoms with van der Waals surface area (Å²) < 4.78 is 43.1. The molecule has 1 aromatic rings. The van der Waals surface area contributed by atoms with Crippen LogP contribution in [0.4, 0.5) is 18.0 Å². The van der Waals surface area contributed by atoms with Crippen LogP contribution < -0.4 is 5.73 Å². The normalized spacial score (nSPS) is 22.3. The van der Waals surface area contributed by atoms with Crippen LogP contribution in [0.15, 0.2) is 24.3 Å². The van der Waals surface area contributed by atoms with Crippen molar-refractivity contribution < 1.29 is 22.7 Å². The molecule has 1 aromatic carbocycles. The summed E-state index contributed by atoms with van der Waals surface area (Å²) in [7, 11) is 0. The van der Waals surface area contributed by atoms with Crippen LogP contribution in [0.2, 0.25) is 0 Å². The Morgan fingerprint density at radius 2 is 1.74 bits per heavy atom. The number of hydrogen-bond acceptors (Lipinski definition) is 3. The maximum Gasteiger partial charge on any atom is 0.416 e. The van der Waals surface area contributed by atoms with E-state index in [4.69, 9.17) is 10.5 Å². The summed E-state index contributed by atoms with van der Waals surface area (Å²) in [5.41, 5.74) is 5.45. The first-order valence-electron chi connectivity index (χ1n) is 7.38. The third-order valence-corrected chi connectivity index (χ3v) is 3.68. The van der Waals surface area contributed by atoms with Crippen molar-refractivity contribution in [3.63, 3.8) is 0 Å². The molecule has 4 nitrogen and oxygen atoms in total. The molecule has 1 amide bonds. The molecule has 128 valence electrons. The van der Waals surface area contributed by atoms with Crippen molar-refractivity contribution in [3.05, 3.63) is 35.4 Å². The number of ether oxygens (including phenoxy) is 1. The van der Waals surface area contributed by atoms with Gasteiger partial charge in [0, 0.05) is 25.0 Å². The van der Waals surface area contributed by atoms with Crippen LogP contribution in [0.25, 0.3) is 0 Å². The fraction of sp³-hybridized carbons (Fsp3) is 0.562. The van der Waals surface area contributed by atoms with Gasteiger partial charge in [0.15, 0.2) is 0 Å². The number of alkyl halides is 3. The first kappa shape index (κ1) is 17.6. The second kappa shape index (κ2) is 6.03. The third kappa shape index (κ3) is 4.37. The fourth-order valence-corrected chi connectivity index (χ4v) is 2.58. The van der Waals surface area contributed by atoms with Crippen molar-refractivity contribution in [1.82, 2.24) is 4.90 Å². The number of benzene rings is 1. The lowest BCUT2D eigenvalue weighted by Gasteiger charge is -2.24. The summed E-state index contributed by atoms with van der Waals surface area (Å²) in [4.78, 5) is 13.6. The van der Waals surface area contributed by atoms with Gasteiger partial charge in [0.2, 0.25) is 0 Å². The first-order valence-corrected chi connectivity index (χ1v) is 7.38. The van der Waals surface area contributed by atoms with Gasteiger partial charge in [0.1, 0.15) is 5.60 Å². The Labute approximate surface area is 133 Å². The van der Waals surface area contributed by atoms with E-state index in [-0.39, 0.29) is 12.0 Å². The highest BCUT2D eigenvalue weighted by atomic mass is 19.4. The molecular formula is C16H21F3N2O2. The van der Waals surface area contributed by atoms with E-state index in [0.717, 1.165) is 12.1 Å². The smallest absolute Gasteiger partial charge is 0.416 e. The molecule has 0 spiro atoms. The Balaban J connectivity index is 2.08. The number of nitrogens with zero attached hydrogens (tertiary/aromatic N) is 1. The van der Waals surface area contributed by atoms with E-state index >= 15 is 0 Å². The molecule has 0 bridgehead atoms. The van der Waals surface area contributed by atoms with Gasteiger partial charge in [-0.1, -0.05) is 12.1 Å². The van der Waals surface area contributed by atoms with E-state index < -0.39 is 23.4 Å². The van der Waals surface area contributed by atoms with Gasteiger partial charge in [-0.3, -0.25) is 0 Å². The molecule has 7 heteroatoms. The molecule has 0 aliphatic carbocycles. The van der Waals surface area contributed by atoms with Crippen LogP contribution in [0.3, 0.4) is 0 Å². The van der Waals surface area contributed by atoms with Gasteiger partial charge in [-0.15, -0.1) is 0 Å². The maximum atomic E-state index is 12.6. The molecule has 1 aliphatic heterocycles. The summed E-state index contributed by atoms with van der Waals surface area (Å²) in [5.74, 6) is -0.204. The molecule has 1 heterocycles. The Hall–Kier alpha value is -1.76. The fourth-order valence-electron chi connectivity index (χ4n) is 2.58. The monoisotopic (exact) mass is 330 g/mol. The second-order valence-electron chi connectivity index (χ2n) is 6.78. The van der Waals surface area contributed by atoms with Gasteiger partial charge in [0.25, 0.3) is 0 Å². The number of likely N-dealkylation sites (tertiary alicyclic amines) is 1. The SMILES string of the molecule is CC(C)(C)OC(=O)N1CC(N)C(c2ccc(C(F)(F)F)cc2)C1. The molecular weight excluding hydrogens is 309 g/mol. The van der Waals surface area contributed by atoms with Crippen molar-refractivity contribution in [2.45, 2.75) is 44.5 Å². The van der Waals surface area contributed by atoms with E-state index in [1.807, 2.05) is 0 Å². The van der Waals surface area contributed by atoms with Crippen LogP contribution in [-0.4, -0.2) is 35.7 Å². The van der Waals surface area contributed by atoms with Crippen LogP contribution in [0.1, 0.15) is 37.8 Å². The molecule has 1 fully saturated rings. The van der Waals surface area contributed by atoms with Crippen molar-refractivity contribution in [2.24, 2.45) is 5.73 Å². The zero-order chi connectivity index (χ0) is 17.4. The van der Waals surface area contributed by atoms with E-state index in [1.54, 1.807) is 20.8 Å². The summed E-state index contributed by atoms with van der Waals surface area (Å²) in [5, 5.41) is 0. The Kier molecular flexibility index (Phi) is 4.61. The average molecular weight is 330 g/mol. The van der Waals surface area contributed by atoms with Gasteiger partial charge in [-0.25, -0.2) is 4.79 Å². The van der Waals surface area contributed by atoms with Crippen molar-refractivity contribution in [2.75, 3.05) is 13.1 Å². The largest absolute Gasteiger partial charge is 0.444 e. The lowest BCUT2D eigenvalue weighted by atomic mass is 9.94. The number of nitrogens with two attached hydrogens (primary N) is 1. The maximum absolute atomic E-state index is 12.6. The molecule has 2 rings (SSSR count). The number of amides is 1. The molecule has 2 unspecified atom stereocenters. The predicted octanol–water partition coefficient (Wildman–Crippen LogP) is 3.37. The number of halogens is 3. The van der Waals surface area contributed by atoms with Crippen LogP contribution in [0, 0.1) is 0 Å². The Bertz CT molecular complexity index is 564. The second-order valence-corrected chi connectivity index (χ2v) is 6.78. The van der Waals surface area contributed by atoms with E-state index in [1.165, 1.54) is 17.0 Å². The van der Waals surface area contributed by atoms with Gasteiger partial charge in [-0.2, -0.15) is 13.2 Å². The number of carbonyl (C=O) groups is 1. The van der Waals surface area contributed by atoms with Crippen LogP contribution >= 0.6 is 0 Å². The highest BCUT2D eigenvalue weighted by molar-refractivity contribution is 5.69. The van der Waals surface area contributed by atoms with Gasteiger partial charge < -0.3 is 15.4 Å². The Morgan fingerprint density at radius 1 is 1.17 bits per heavy atom. The molecule has 1 aliphatic rings. The minimum absolute atomic E-state index is 0.204. The van der Waals surface area contributed by atoms with E-state index in [0.29, 0.717) is 18.7 Å². The predicted molar refractivity (Wildman–Crippen MR) is 80.0 cm³/mol. The highest BCUT2D eigenvalue weighted by Gasteiger charge is 2.36. The summed E-state index contributed by atoms with van der Waals surface area (Å²) in [6.45, 7) is 5.97. The highest BCUT2D eigenvalue weighted by Crippen LogP contribution is 2.32. The zero-order valence-electron chi connectivity index (χ0n) is 13.4. The Morgan fingerprint density at radius 3 is 2.22 bits per heavy atom. The number of rotatable bonds is 1. The first-order chi connectivity index (χ1) is 10.5. The lowest BCUT2D eigenvalue weighted by Crippen LogP contribution is -2.36. The molecule has 0 aromatic heterocycles. The van der Waals surface area contributed by atoms with Gasteiger partial charge >= 0.3 is 12.3 Å². The van der Waals surface area contributed by atoms with Crippen LogP contribution in [-0.2, 0) is 10.9 Å². The average Bonchev–Trinajstić information content (AvgIpc) is 2.78. The van der Waals surface area contributed by atoms with Crippen molar-refractivity contribution in [3.8, 4) is 0 Å². The summed E-state index contributed by atoms with van der Waals surface area (Å²) >= 11 is 0. The van der Waals surface area contributed by atoms with Crippen LogP contribution in [0.5, 0.6) is 0 Å². The topological polar surface area (TPSA) is 55.6 Å². The lowest BCUT2D eigenvalue weighted by molar-refractivity contribution is -0.137. The molecule has 0 radical (unpaired) electrons. The van der Waals surface area contributed by atoms with Crippen molar-refractivity contribution >= 4 is 6.09 Å². The zero-order valence-corrected chi connectivity index (χ0v) is 13.4. The molecule has 0 saturated carbocycles. The standard InChI is InChI=1S/C16H21F3N2O2/c1-15(2,3)23-14(22)21-8-12(13(20)9-21)10-4-6-11(7-5-10)16(17,18)19/h4-7,12-13H,8-9,20H2,1-3H3. The summed E-state index contributed by atoms with van der Waals surface area (Å²) in [6, 6.07) is 4.59. The minimum atomic E-state index is -4.36. The summed E-state index contributed by atoms with van der Waals surface area (Å²) in [6.07, 6.45) is -4.82. The van der Waals surface area contributed by atoms with Gasteiger partial charge in [0.05, 0.1) is 5.56 Å². The van der Waals surface area contributed by atoms with E-state index in [2.05, 4.69) is 0 Å². The third-order valence-electron chi connectivity index (χ3n) is 3.68. The number of hydrogen-bond donors (Lipinski definition) is 1. The van der Waals surface area contributed by atoms with Crippen molar-refractivity contribution in [1.29, 1.82) is 0 Å². The number of carbonyl (C=O) groups excluding carboxylic acids is 1. The molecule has 2 N–H and O–H groups in total. The molecule has 2 atom stereocenters.